The third kappa shape index (κ3) is 3.20. The van der Waals surface area contributed by atoms with Gasteiger partial charge < -0.3 is 4.90 Å². The highest BCUT2D eigenvalue weighted by Crippen LogP contribution is 2.39. The molecule has 1 saturated carbocycles. The molecule has 1 aromatic carbocycles. The summed E-state index contributed by atoms with van der Waals surface area (Å²) in [5, 5.41) is 1.25. The summed E-state index contributed by atoms with van der Waals surface area (Å²) in [7, 11) is 0. The molecule has 6 rings (SSSR count). The van der Waals surface area contributed by atoms with Crippen molar-refractivity contribution in [1.82, 2.24) is 23.2 Å². The zero-order valence-electron chi connectivity index (χ0n) is 16.8. The maximum atomic E-state index is 12.8. The van der Waals surface area contributed by atoms with Crippen LogP contribution >= 0.6 is 11.5 Å². The molecule has 30 heavy (non-hydrogen) atoms. The molecular formula is C22H24N6OS. The van der Waals surface area contributed by atoms with Crippen LogP contribution in [0.5, 0.6) is 0 Å². The highest BCUT2D eigenvalue weighted by atomic mass is 32.1. The van der Waals surface area contributed by atoms with Crippen LogP contribution in [-0.2, 0) is 6.54 Å². The Hall–Kier alpha value is -2.71. The van der Waals surface area contributed by atoms with Crippen LogP contribution < -0.4 is 10.6 Å². The predicted molar refractivity (Wildman–Crippen MR) is 120 cm³/mol. The molecule has 0 spiro atoms. The van der Waals surface area contributed by atoms with E-state index in [0.717, 1.165) is 49.9 Å². The molecule has 7 nitrogen and oxygen atoms in total. The van der Waals surface area contributed by atoms with Crippen molar-refractivity contribution in [3.05, 3.63) is 58.9 Å². The van der Waals surface area contributed by atoms with Gasteiger partial charge in [0.25, 0.3) is 0 Å². The summed E-state index contributed by atoms with van der Waals surface area (Å²) in [6.07, 6.45) is 6.21. The Morgan fingerprint density at radius 3 is 2.70 bits per heavy atom. The van der Waals surface area contributed by atoms with Gasteiger partial charge in [0.2, 0.25) is 0 Å². The van der Waals surface area contributed by atoms with Crippen molar-refractivity contribution in [2.24, 2.45) is 0 Å². The van der Waals surface area contributed by atoms with E-state index in [1.54, 1.807) is 15.9 Å². The van der Waals surface area contributed by atoms with Crippen molar-refractivity contribution >= 4 is 33.1 Å². The van der Waals surface area contributed by atoms with E-state index in [0.29, 0.717) is 12.5 Å². The Labute approximate surface area is 178 Å². The Morgan fingerprint density at radius 1 is 1.03 bits per heavy atom. The van der Waals surface area contributed by atoms with E-state index in [1.807, 2.05) is 23.0 Å². The van der Waals surface area contributed by atoms with Gasteiger partial charge in [-0.3, -0.25) is 13.9 Å². The minimum atomic E-state index is 0.0134. The number of imidazole rings is 1. The van der Waals surface area contributed by atoms with Crippen LogP contribution in [0.2, 0.25) is 0 Å². The molecule has 3 aromatic heterocycles. The van der Waals surface area contributed by atoms with Gasteiger partial charge in [0.15, 0.2) is 0 Å². The maximum Gasteiger partial charge on any atom is 0.333 e. The van der Waals surface area contributed by atoms with E-state index in [-0.39, 0.29) is 5.69 Å². The lowest BCUT2D eigenvalue weighted by molar-refractivity contribution is 0.246. The summed E-state index contributed by atoms with van der Waals surface area (Å²) in [6, 6.07) is 10.4. The lowest BCUT2D eigenvalue weighted by Gasteiger charge is -2.35. The molecular weight excluding hydrogens is 396 g/mol. The molecule has 154 valence electrons. The van der Waals surface area contributed by atoms with Gasteiger partial charge in [0.1, 0.15) is 11.5 Å². The summed E-state index contributed by atoms with van der Waals surface area (Å²) in [4.78, 5) is 22.3. The SMILES string of the molecule is O=c1n(CCN2CCN(c3nsc4ccccc34)CC2)ccc2nc(C3CC3)cn12. The van der Waals surface area contributed by atoms with Gasteiger partial charge in [0, 0.05) is 63.0 Å². The average Bonchev–Trinajstić information content (AvgIpc) is 3.39. The van der Waals surface area contributed by atoms with E-state index in [4.69, 9.17) is 4.37 Å². The largest absolute Gasteiger partial charge is 0.353 e. The first kappa shape index (κ1) is 18.1. The molecule has 0 unspecified atom stereocenters. The van der Waals surface area contributed by atoms with Crippen LogP contribution in [0, 0.1) is 0 Å². The van der Waals surface area contributed by atoms with Crippen molar-refractivity contribution in [2.45, 2.75) is 25.3 Å². The number of rotatable bonds is 5. The van der Waals surface area contributed by atoms with Crippen LogP contribution in [0.4, 0.5) is 5.82 Å². The van der Waals surface area contributed by atoms with Crippen molar-refractivity contribution in [3.8, 4) is 0 Å². The first-order valence-electron chi connectivity index (χ1n) is 10.7. The number of benzene rings is 1. The van der Waals surface area contributed by atoms with E-state index < -0.39 is 0 Å². The molecule has 0 atom stereocenters. The standard InChI is InChI=1S/C22H24N6OS/c29-22-27(8-7-20-23-18(15-28(20)22)16-5-6-16)14-11-25-9-12-26(13-10-25)21-17-3-1-2-4-19(17)30-24-21/h1-4,7-8,15-16H,5-6,9-14H2. The lowest BCUT2D eigenvalue weighted by Crippen LogP contribution is -2.47. The molecule has 1 aliphatic heterocycles. The molecule has 0 amide bonds. The van der Waals surface area contributed by atoms with Gasteiger partial charge in [-0.05, 0) is 42.6 Å². The Bertz CT molecular complexity index is 1260. The van der Waals surface area contributed by atoms with Crippen molar-refractivity contribution < 1.29 is 0 Å². The summed E-state index contributed by atoms with van der Waals surface area (Å²) in [6.45, 7) is 5.48. The molecule has 1 saturated heterocycles. The molecule has 2 fully saturated rings. The molecule has 4 heterocycles. The fourth-order valence-electron chi connectivity index (χ4n) is 4.32. The van der Waals surface area contributed by atoms with E-state index in [9.17, 15) is 4.79 Å². The second kappa shape index (κ2) is 7.21. The van der Waals surface area contributed by atoms with E-state index in [1.165, 1.54) is 22.9 Å². The van der Waals surface area contributed by atoms with E-state index >= 15 is 0 Å². The van der Waals surface area contributed by atoms with Gasteiger partial charge in [0.05, 0.1) is 10.4 Å². The second-order valence-electron chi connectivity index (χ2n) is 8.29. The Morgan fingerprint density at radius 2 is 1.87 bits per heavy atom. The average molecular weight is 421 g/mol. The number of hydrogen-bond acceptors (Lipinski definition) is 6. The first-order valence-corrected chi connectivity index (χ1v) is 11.4. The topological polar surface area (TPSA) is 58.7 Å². The minimum Gasteiger partial charge on any atom is -0.353 e. The van der Waals surface area contributed by atoms with Crippen molar-refractivity contribution in [3.63, 3.8) is 0 Å². The zero-order valence-corrected chi connectivity index (χ0v) is 17.6. The van der Waals surface area contributed by atoms with Crippen molar-refractivity contribution in [1.29, 1.82) is 0 Å². The monoisotopic (exact) mass is 420 g/mol. The summed E-state index contributed by atoms with van der Waals surface area (Å²) < 4.78 is 9.45. The number of anilines is 1. The van der Waals surface area contributed by atoms with Gasteiger partial charge in [-0.1, -0.05) is 12.1 Å². The summed E-state index contributed by atoms with van der Waals surface area (Å²) in [5.74, 6) is 1.67. The number of hydrogen-bond donors (Lipinski definition) is 0. The fraction of sp³-hybridized carbons (Fsp3) is 0.409. The van der Waals surface area contributed by atoms with Gasteiger partial charge >= 0.3 is 5.69 Å². The highest BCUT2D eigenvalue weighted by Gasteiger charge is 2.26. The first-order chi connectivity index (χ1) is 14.8. The van der Waals surface area contributed by atoms with Gasteiger partial charge in [-0.15, -0.1) is 0 Å². The lowest BCUT2D eigenvalue weighted by atomic mass is 10.2. The molecule has 2 aliphatic rings. The normalized spacial score (nSPS) is 17.9. The van der Waals surface area contributed by atoms with Crippen LogP contribution in [0.15, 0.2) is 47.5 Å². The Balaban J connectivity index is 1.11. The molecule has 1 aliphatic carbocycles. The summed E-state index contributed by atoms with van der Waals surface area (Å²) >= 11 is 1.57. The van der Waals surface area contributed by atoms with Crippen LogP contribution in [0.25, 0.3) is 15.7 Å². The fourth-order valence-corrected chi connectivity index (χ4v) is 5.12. The molecule has 0 N–H and O–H groups in total. The third-order valence-electron chi connectivity index (χ3n) is 6.29. The third-order valence-corrected chi connectivity index (χ3v) is 7.11. The zero-order chi connectivity index (χ0) is 20.1. The smallest absolute Gasteiger partial charge is 0.333 e. The quantitative estimate of drug-likeness (QED) is 0.497. The van der Waals surface area contributed by atoms with Gasteiger partial charge in [-0.25, -0.2) is 9.78 Å². The number of aromatic nitrogens is 4. The van der Waals surface area contributed by atoms with Crippen molar-refractivity contribution in [2.75, 3.05) is 37.6 Å². The summed E-state index contributed by atoms with van der Waals surface area (Å²) in [5.41, 5.74) is 1.84. The number of fused-ring (bicyclic) bond motifs is 2. The maximum absolute atomic E-state index is 12.8. The van der Waals surface area contributed by atoms with Crippen LogP contribution in [0.1, 0.15) is 24.5 Å². The molecule has 0 radical (unpaired) electrons. The number of nitrogens with zero attached hydrogens (tertiary/aromatic N) is 6. The molecule has 8 heteroatoms. The second-order valence-corrected chi connectivity index (χ2v) is 9.10. The molecule has 0 bridgehead atoms. The Kier molecular flexibility index (Phi) is 4.35. The predicted octanol–water partition coefficient (Wildman–Crippen LogP) is 2.81. The number of piperazine rings is 1. The molecule has 4 aromatic rings. The minimum absolute atomic E-state index is 0.0134. The highest BCUT2D eigenvalue weighted by molar-refractivity contribution is 7.13. The van der Waals surface area contributed by atoms with Crippen LogP contribution in [0.3, 0.4) is 0 Å². The van der Waals surface area contributed by atoms with Gasteiger partial charge in [-0.2, -0.15) is 4.37 Å². The van der Waals surface area contributed by atoms with Crippen LogP contribution in [-0.4, -0.2) is 55.9 Å². The van der Waals surface area contributed by atoms with E-state index in [2.05, 4.69) is 39.0 Å².